The summed E-state index contributed by atoms with van der Waals surface area (Å²) in [6, 6.07) is 6.67. The van der Waals surface area contributed by atoms with E-state index >= 15 is 0 Å². The topological polar surface area (TPSA) is 21.3 Å². The van der Waals surface area contributed by atoms with Crippen LogP contribution in [0.2, 0.25) is 5.02 Å². The van der Waals surface area contributed by atoms with Gasteiger partial charge in [0.25, 0.3) is 0 Å². The molecule has 1 saturated carbocycles. The number of fused-ring (bicyclic) bond motifs is 1. The van der Waals surface area contributed by atoms with Gasteiger partial charge in [0.1, 0.15) is 0 Å². The van der Waals surface area contributed by atoms with Gasteiger partial charge in [0.2, 0.25) is 0 Å². The number of hydrogen-bond donors (Lipinski definition) is 1. The van der Waals surface area contributed by atoms with Gasteiger partial charge in [0.15, 0.2) is 0 Å². The van der Waals surface area contributed by atoms with Crippen LogP contribution >= 0.6 is 27.5 Å². The molecule has 0 spiro atoms. The van der Waals surface area contributed by atoms with Crippen molar-refractivity contribution in [3.63, 3.8) is 0 Å². The Kier molecular flexibility index (Phi) is 4.47. The van der Waals surface area contributed by atoms with Gasteiger partial charge in [-0.3, -0.25) is 0 Å². The van der Waals surface area contributed by atoms with E-state index in [-0.39, 0.29) is 6.10 Å². The first-order valence-corrected chi connectivity index (χ1v) is 8.21. The van der Waals surface area contributed by atoms with E-state index in [0.717, 1.165) is 28.2 Å². The summed E-state index contributed by atoms with van der Waals surface area (Å²) in [5, 5.41) is 4.46. The molecule has 4 heteroatoms. The predicted molar refractivity (Wildman–Crippen MR) is 81.6 cm³/mol. The second-order valence-electron chi connectivity index (χ2n) is 5.55. The zero-order valence-corrected chi connectivity index (χ0v) is 13.2. The molecule has 2 fully saturated rings. The Morgan fingerprint density at radius 1 is 1.26 bits per heavy atom. The molecule has 0 radical (unpaired) electrons. The molecular formula is C15H19BrClNO. The highest BCUT2D eigenvalue weighted by atomic mass is 79.9. The molecular weight excluding hydrogens is 326 g/mol. The molecule has 1 saturated heterocycles. The Labute approximate surface area is 128 Å². The van der Waals surface area contributed by atoms with Crippen LogP contribution in [-0.2, 0) is 4.74 Å². The molecule has 3 unspecified atom stereocenters. The van der Waals surface area contributed by atoms with Crippen LogP contribution in [0.3, 0.4) is 0 Å². The third kappa shape index (κ3) is 3.15. The summed E-state index contributed by atoms with van der Waals surface area (Å²) < 4.78 is 7.13. The van der Waals surface area contributed by atoms with Crippen LogP contribution in [0.4, 0.5) is 0 Å². The summed E-state index contributed by atoms with van der Waals surface area (Å²) in [5.41, 5.74) is 1.09. The first-order valence-electron chi connectivity index (χ1n) is 7.04. The van der Waals surface area contributed by atoms with Gasteiger partial charge in [-0.25, -0.2) is 0 Å². The van der Waals surface area contributed by atoms with E-state index < -0.39 is 0 Å². The molecule has 1 aliphatic carbocycles. The van der Waals surface area contributed by atoms with Gasteiger partial charge in [-0.1, -0.05) is 46.4 Å². The van der Waals surface area contributed by atoms with E-state index in [1.54, 1.807) is 0 Å². The third-order valence-corrected chi connectivity index (χ3v) is 5.12. The maximum atomic E-state index is 6.33. The Hall–Kier alpha value is -0.0900. The molecule has 1 aromatic rings. The molecule has 104 valence electrons. The summed E-state index contributed by atoms with van der Waals surface area (Å²) in [7, 11) is 0. The lowest BCUT2D eigenvalue weighted by atomic mass is 9.85. The van der Waals surface area contributed by atoms with Gasteiger partial charge < -0.3 is 10.1 Å². The molecule has 1 N–H and O–H groups in total. The van der Waals surface area contributed by atoms with E-state index in [1.807, 2.05) is 12.1 Å². The van der Waals surface area contributed by atoms with Gasteiger partial charge in [0, 0.05) is 27.6 Å². The van der Waals surface area contributed by atoms with Crippen molar-refractivity contribution in [3.8, 4) is 0 Å². The molecule has 1 aliphatic heterocycles. The van der Waals surface area contributed by atoms with E-state index in [4.69, 9.17) is 16.3 Å². The Morgan fingerprint density at radius 3 is 2.95 bits per heavy atom. The van der Waals surface area contributed by atoms with Gasteiger partial charge >= 0.3 is 0 Å². The van der Waals surface area contributed by atoms with Crippen LogP contribution in [0.25, 0.3) is 0 Å². The number of rotatable bonds is 1. The average Bonchev–Trinajstić information content (AvgIpc) is 2.62. The van der Waals surface area contributed by atoms with Crippen LogP contribution in [0, 0.1) is 5.92 Å². The molecule has 0 bridgehead atoms. The molecule has 2 aliphatic rings. The first-order chi connectivity index (χ1) is 9.24. The lowest BCUT2D eigenvalue weighted by molar-refractivity contribution is 0.0401. The minimum atomic E-state index is 0.0752. The SMILES string of the molecule is Clc1cc(Br)ccc1C1CNC2CCCCC2CO1. The molecule has 1 heterocycles. The Morgan fingerprint density at radius 2 is 2.11 bits per heavy atom. The molecule has 0 aromatic heterocycles. The molecule has 19 heavy (non-hydrogen) atoms. The number of benzene rings is 1. The normalized spacial score (nSPS) is 31.6. The number of halogens is 2. The van der Waals surface area contributed by atoms with Crippen molar-refractivity contribution in [2.45, 2.75) is 37.8 Å². The fourth-order valence-electron chi connectivity index (χ4n) is 3.20. The van der Waals surface area contributed by atoms with Crippen LogP contribution in [0.1, 0.15) is 37.4 Å². The highest BCUT2D eigenvalue weighted by Crippen LogP contribution is 2.33. The van der Waals surface area contributed by atoms with E-state index in [2.05, 4.69) is 27.3 Å². The molecule has 3 rings (SSSR count). The summed E-state index contributed by atoms with van der Waals surface area (Å²) >= 11 is 9.78. The van der Waals surface area contributed by atoms with Crippen molar-refractivity contribution in [2.75, 3.05) is 13.2 Å². The van der Waals surface area contributed by atoms with Crippen molar-refractivity contribution in [1.82, 2.24) is 5.32 Å². The molecule has 0 amide bonds. The van der Waals surface area contributed by atoms with Crippen LogP contribution in [0.15, 0.2) is 22.7 Å². The Bertz CT molecular complexity index is 438. The lowest BCUT2D eigenvalue weighted by Gasteiger charge is -2.29. The van der Waals surface area contributed by atoms with Crippen molar-refractivity contribution in [1.29, 1.82) is 0 Å². The standard InChI is InChI=1S/C15H19BrClNO/c16-11-5-6-12(13(17)7-11)15-8-18-14-4-2-1-3-10(14)9-19-15/h5-7,10,14-15,18H,1-4,8-9H2. The number of nitrogens with one attached hydrogen (secondary N) is 1. The van der Waals surface area contributed by atoms with Crippen molar-refractivity contribution >= 4 is 27.5 Å². The van der Waals surface area contributed by atoms with Crippen molar-refractivity contribution in [3.05, 3.63) is 33.3 Å². The summed E-state index contributed by atoms with van der Waals surface area (Å²) in [6.45, 7) is 1.72. The molecule has 2 nitrogen and oxygen atoms in total. The highest BCUT2D eigenvalue weighted by Gasteiger charge is 2.30. The second-order valence-corrected chi connectivity index (χ2v) is 6.87. The van der Waals surface area contributed by atoms with E-state index in [0.29, 0.717) is 12.0 Å². The van der Waals surface area contributed by atoms with Crippen molar-refractivity contribution < 1.29 is 4.74 Å². The van der Waals surface area contributed by atoms with Crippen LogP contribution in [-0.4, -0.2) is 19.2 Å². The second kappa shape index (κ2) is 6.13. The fraction of sp³-hybridized carbons (Fsp3) is 0.600. The number of ether oxygens (including phenoxy) is 1. The van der Waals surface area contributed by atoms with Gasteiger partial charge in [-0.15, -0.1) is 0 Å². The zero-order valence-electron chi connectivity index (χ0n) is 10.9. The quantitative estimate of drug-likeness (QED) is 0.819. The lowest BCUT2D eigenvalue weighted by Crippen LogP contribution is -2.38. The summed E-state index contributed by atoms with van der Waals surface area (Å²) in [6.07, 6.45) is 5.34. The molecule has 1 aromatic carbocycles. The zero-order chi connectivity index (χ0) is 13.2. The maximum Gasteiger partial charge on any atom is 0.0963 e. The Balaban J connectivity index is 1.75. The first kappa shape index (κ1) is 13.9. The minimum absolute atomic E-state index is 0.0752. The third-order valence-electron chi connectivity index (χ3n) is 4.30. The van der Waals surface area contributed by atoms with Crippen LogP contribution < -0.4 is 5.32 Å². The maximum absolute atomic E-state index is 6.33. The van der Waals surface area contributed by atoms with Gasteiger partial charge in [-0.05, 0) is 30.9 Å². The summed E-state index contributed by atoms with van der Waals surface area (Å²) in [4.78, 5) is 0. The van der Waals surface area contributed by atoms with Crippen LogP contribution in [0.5, 0.6) is 0 Å². The minimum Gasteiger partial charge on any atom is -0.372 e. The molecule has 3 atom stereocenters. The highest BCUT2D eigenvalue weighted by molar-refractivity contribution is 9.10. The predicted octanol–water partition coefficient (Wildman–Crippen LogP) is 4.32. The smallest absolute Gasteiger partial charge is 0.0963 e. The number of hydrogen-bond acceptors (Lipinski definition) is 2. The van der Waals surface area contributed by atoms with E-state index in [1.165, 1.54) is 25.7 Å². The van der Waals surface area contributed by atoms with E-state index in [9.17, 15) is 0 Å². The van der Waals surface area contributed by atoms with Gasteiger partial charge in [-0.2, -0.15) is 0 Å². The largest absolute Gasteiger partial charge is 0.372 e. The van der Waals surface area contributed by atoms with Gasteiger partial charge in [0.05, 0.1) is 12.7 Å². The monoisotopic (exact) mass is 343 g/mol. The fourth-order valence-corrected chi connectivity index (χ4v) is 3.99. The average molecular weight is 345 g/mol. The summed E-state index contributed by atoms with van der Waals surface area (Å²) in [5.74, 6) is 0.674. The van der Waals surface area contributed by atoms with Crippen molar-refractivity contribution in [2.24, 2.45) is 5.92 Å².